The molecule has 0 saturated heterocycles. The van der Waals surface area contributed by atoms with Crippen LogP contribution in [0, 0.1) is 0 Å². The third kappa shape index (κ3) is 4.31. The summed E-state index contributed by atoms with van der Waals surface area (Å²) < 4.78 is 65.4. The van der Waals surface area contributed by atoms with E-state index in [1.807, 2.05) is 0 Å². The molecule has 26 heavy (non-hydrogen) atoms. The first-order valence-corrected chi connectivity index (χ1v) is 9.38. The average Bonchev–Trinajstić information content (AvgIpc) is 3.40. The molecule has 0 unspecified atom stereocenters. The number of sulfonamides is 1. The highest BCUT2D eigenvalue weighted by atomic mass is 32.2. The van der Waals surface area contributed by atoms with Gasteiger partial charge in [0, 0.05) is 25.1 Å². The van der Waals surface area contributed by atoms with Gasteiger partial charge in [0.1, 0.15) is 0 Å². The maximum absolute atomic E-state index is 12.5. The van der Waals surface area contributed by atoms with Crippen LogP contribution in [-0.2, 0) is 22.7 Å². The highest BCUT2D eigenvalue weighted by Gasteiger charge is 2.30. The maximum Gasteiger partial charge on any atom is 0.416 e. The molecular weight excluding hydrogens is 371 g/mol. The lowest BCUT2D eigenvalue weighted by molar-refractivity contribution is -0.137. The van der Waals surface area contributed by atoms with Crippen LogP contribution in [-0.4, -0.2) is 24.5 Å². The van der Waals surface area contributed by atoms with Gasteiger partial charge in [-0.2, -0.15) is 13.2 Å². The minimum absolute atomic E-state index is 0.0661. The number of halogens is 3. The van der Waals surface area contributed by atoms with E-state index >= 15 is 0 Å². The Bertz CT molecular complexity index is 949. The normalized spacial score (nSPS) is 15.2. The molecule has 0 radical (unpaired) electrons. The zero-order valence-electron chi connectivity index (χ0n) is 13.5. The molecule has 1 heterocycles. The fraction of sp³-hybridized carbons (Fsp3) is 0.375. The van der Waals surface area contributed by atoms with E-state index < -0.39 is 21.8 Å². The Balaban J connectivity index is 1.62. The summed E-state index contributed by atoms with van der Waals surface area (Å²) >= 11 is 0. The Labute approximate surface area is 147 Å². The van der Waals surface area contributed by atoms with Gasteiger partial charge in [0.15, 0.2) is 0 Å². The largest absolute Gasteiger partial charge is 0.416 e. The summed E-state index contributed by atoms with van der Waals surface area (Å²) in [4.78, 5) is 15.9. The van der Waals surface area contributed by atoms with Crippen molar-refractivity contribution in [2.75, 3.05) is 6.54 Å². The van der Waals surface area contributed by atoms with Crippen molar-refractivity contribution in [3.63, 3.8) is 0 Å². The molecule has 0 aliphatic heterocycles. The second-order valence-electron chi connectivity index (χ2n) is 6.04. The first-order valence-electron chi connectivity index (χ1n) is 7.90. The van der Waals surface area contributed by atoms with E-state index in [-0.39, 0.29) is 23.5 Å². The smallest absolute Gasteiger partial charge is 0.298 e. The predicted molar refractivity (Wildman–Crippen MR) is 87.1 cm³/mol. The number of benzene rings is 1. The molecule has 1 fully saturated rings. The van der Waals surface area contributed by atoms with E-state index in [0.29, 0.717) is 18.1 Å². The van der Waals surface area contributed by atoms with Crippen LogP contribution in [0.4, 0.5) is 13.2 Å². The molecule has 10 heteroatoms. The Morgan fingerprint density at radius 1 is 1.19 bits per heavy atom. The Kier molecular flexibility index (Phi) is 4.89. The minimum atomic E-state index is -4.53. The number of aromatic nitrogens is 2. The van der Waals surface area contributed by atoms with Gasteiger partial charge >= 0.3 is 6.18 Å². The summed E-state index contributed by atoms with van der Waals surface area (Å²) in [5.41, 5.74) is -0.447. The molecule has 1 aliphatic rings. The predicted octanol–water partition coefficient (Wildman–Crippen LogP) is 2.12. The maximum atomic E-state index is 12.5. The van der Waals surface area contributed by atoms with Gasteiger partial charge in [-0.1, -0.05) is 0 Å². The van der Waals surface area contributed by atoms with Gasteiger partial charge in [0.2, 0.25) is 10.0 Å². The van der Waals surface area contributed by atoms with Crippen LogP contribution < -0.4 is 10.3 Å². The molecule has 1 N–H and O–H groups in total. The fourth-order valence-corrected chi connectivity index (χ4v) is 3.44. The number of alkyl halides is 3. The topological polar surface area (TPSA) is 81.1 Å². The number of nitrogens with one attached hydrogen (secondary N) is 1. The van der Waals surface area contributed by atoms with Gasteiger partial charge in [0.25, 0.3) is 5.56 Å². The van der Waals surface area contributed by atoms with Crippen LogP contribution in [0.3, 0.4) is 0 Å². The van der Waals surface area contributed by atoms with Crippen molar-refractivity contribution in [2.45, 2.75) is 36.4 Å². The Morgan fingerprint density at radius 3 is 2.38 bits per heavy atom. The molecule has 0 spiro atoms. The molecule has 1 saturated carbocycles. The number of rotatable bonds is 6. The van der Waals surface area contributed by atoms with Crippen LogP contribution in [0.15, 0.2) is 46.3 Å². The molecule has 140 valence electrons. The standard InChI is InChI=1S/C16H16F3N3O3S/c17-16(18,19)12-3-5-13(6-4-12)26(24,25)21-7-8-22-10-20-14(9-15(22)23)11-1-2-11/h3-6,9-11,21H,1-2,7-8H2. The monoisotopic (exact) mass is 387 g/mol. The van der Waals surface area contributed by atoms with Crippen molar-refractivity contribution >= 4 is 10.0 Å². The Morgan fingerprint density at radius 2 is 1.85 bits per heavy atom. The Hall–Kier alpha value is -2.20. The van der Waals surface area contributed by atoms with E-state index in [2.05, 4.69) is 9.71 Å². The third-order valence-corrected chi connectivity index (χ3v) is 5.51. The average molecular weight is 387 g/mol. The van der Waals surface area contributed by atoms with Gasteiger partial charge in [0.05, 0.1) is 22.5 Å². The summed E-state index contributed by atoms with van der Waals surface area (Å²) in [6, 6.07) is 4.65. The van der Waals surface area contributed by atoms with Crippen molar-refractivity contribution < 1.29 is 21.6 Å². The SMILES string of the molecule is O=c1cc(C2CC2)ncn1CCNS(=O)(=O)c1ccc(C(F)(F)F)cc1. The second-order valence-corrected chi connectivity index (χ2v) is 7.81. The third-order valence-electron chi connectivity index (χ3n) is 4.03. The van der Waals surface area contributed by atoms with E-state index in [0.717, 1.165) is 30.7 Å². The quantitative estimate of drug-likeness (QED) is 0.823. The molecule has 0 bridgehead atoms. The molecular formula is C16H16F3N3O3S. The van der Waals surface area contributed by atoms with Crippen LogP contribution in [0.25, 0.3) is 0 Å². The lowest BCUT2D eigenvalue weighted by Crippen LogP contribution is -2.31. The highest BCUT2D eigenvalue weighted by Crippen LogP contribution is 2.38. The van der Waals surface area contributed by atoms with Gasteiger partial charge in [-0.15, -0.1) is 0 Å². The van der Waals surface area contributed by atoms with Gasteiger partial charge in [-0.25, -0.2) is 18.1 Å². The van der Waals surface area contributed by atoms with Crippen molar-refractivity contribution in [3.05, 3.63) is 58.3 Å². The molecule has 1 aromatic carbocycles. The number of hydrogen-bond donors (Lipinski definition) is 1. The summed E-state index contributed by atoms with van der Waals surface area (Å²) in [6.45, 7) is -0.0235. The van der Waals surface area contributed by atoms with Crippen molar-refractivity contribution in [2.24, 2.45) is 0 Å². The first-order chi connectivity index (χ1) is 12.2. The number of hydrogen-bond acceptors (Lipinski definition) is 4. The lowest BCUT2D eigenvalue weighted by atomic mass is 10.2. The van der Waals surface area contributed by atoms with Crippen LogP contribution in [0.1, 0.15) is 30.0 Å². The number of nitrogens with zero attached hydrogens (tertiary/aromatic N) is 2. The molecule has 1 aromatic heterocycles. The summed E-state index contributed by atoms with van der Waals surface area (Å²) in [7, 11) is -3.97. The molecule has 1 aliphatic carbocycles. The van der Waals surface area contributed by atoms with E-state index in [1.54, 1.807) is 0 Å². The van der Waals surface area contributed by atoms with Gasteiger partial charge in [-0.3, -0.25) is 9.36 Å². The highest BCUT2D eigenvalue weighted by molar-refractivity contribution is 7.89. The zero-order chi connectivity index (χ0) is 18.9. The first kappa shape index (κ1) is 18.6. The van der Waals surface area contributed by atoms with Crippen molar-refractivity contribution in [1.29, 1.82) is 0 Å². The molecule has 6 nitrogen and oxygen atoms in total. The van der Waals surface area contributed by atoms with E-state index in [4.69, 9.17) is 0 Å². The summed E-state index contributed by atoms with van der Waals surface area (Å²) in [6.07, 6.45) is -1.12. The van der Waals surface area contributed by atoms with Crippen LogP contribution in [0.5, 0.6) is 0 Å². The van der Waals surface area contributed by atoms with Gasteiger partial charge in [-0.05, 0) is 37.1 Å². The molecule has 0 atom stereocenters. The van der Waals surface area contributed by atoms with Crippen molar-refractivity contribution in [1.82, 2.24) is 14.3 Å². The van der Waals surface area contributed by atoms with Crippen LogP contribution in [0.2, 0.25) is 0 Å². The van der Waals surface area contributed by atoms with E-state index in [9.17, 15) is 26.4 Å². The summed E-state index contributed by atoms with van der Waals surface area (Å²) in [5.74, 6) is 0.343. The summed E-state index contributed by atoms with van der Waals surface area (Å²) in [5, 5.41) is 0. The van der Waals surface area contributed by atoms with Gasteiger partial charge < -0.3 is 0 Å². The van der Waals surface area contributed by atoms with E-state index in [1.165, 1.54) is 17.0 Å². The fourth-order valence-electron chi connectivity index (χ4n) is 2.42. The lowest BCUT2D eigenvalue weighted by Gasteiger charge is -2.10. The second kappa shape index (κ2) is 6.84. The molecule has 0 amide bonds. The van der Waals surface area contributed by atoms with Crippen molar-refractivity contribution in [3.8, 4) is 0 Å². The molecule has 3 rings (SSSR count). The zero-order valence-corrected chi connectivity index (χ0v) is 14.3. The molecule has 2 aromatic rings. The van der Waals surface area contributed by atoms with Crippen LogP contribution >= 0.6 is 0 Å². The minimum Gasteiger partial charge on any atom is -0.298 e.